The van der Waals surface area contributed by atoms with Crippen LogP contribution in [0, 0.1) is 0 Å². The molecule has 1 aliphatic heterocycles. The van der Waals surface area contributed by atoms with Crippen molar-refractivity contribution in [1.82, 2.24) is 4.90 Å². The second-order valence-corrected chi connectivity index (χ2v) is 7.94. The Morgan fingerprint density at radius 2 is 1.77 bits per heavy atom. The quantitative estimate of drug-likeness (QED) is 0.588. The molecule has 31 heavy (non-hydrogen) atoms. The van der Waals surface area contributed by atoms with E-state index in [1.54, 1.807) is 24.3 Å². The molecule has 1 fully saturated rings. The molecule has 1 aliphatic rings. The van der Waals surface area contributed by atoms with Crippen molar-refractivity contribution in [2.24, 2.45) is 0 Å². The Kier molecular flexibility index (Phi) is 6.14. The highest BCUT2D eigenvalue weighted by atomic mass is 16.4. The number of fused-ring (bicyclic) bond motifs is 1. The van der Waals surface area contributed by atoms with Crippen LogP contribution in [0.2, 0.25) is 0 Å². The lowest BCUT2D eigenvalue weighted by Crippen LogP contribution is -2.27. The van der Waals surface area contributed by atoms with E-state index in [2.05, 4.69) is 0 Å². The molecule has 5 nitrogen and oxygen atoms in total. The summed E-state index contributed by atoms with van der Waals surface area (Å²) in [5.41, 5.74) is 2.86. The molecule has 0 spiro atoms. The zero-order valence-electron chi connectivity index (χ0n) is 17.2. The number of carbonyl (C=O) groups excluding carboxylic acids is 1. The highest BCUT2D eigenvalue weighted by Gasteiger charge is 2.22. The van der Waals surface area contributed by atoms with E-state index in [4.69, 9.17) is 5.11 Å². The van der Waals surface area contributed by atoms with Crippen molar-refractivity contribution in [1.29, 1.82) is 0 Å². The maximum absolute atomic E-state index is 12.2. The summed E-state index contributed by atoms with van der Waals surface area (Å²) in [5, 5.41) is 22.3. The standard InChI is InChI=1S/C26H25NO4/c28-24(23-8-3-6-20-5-1-2-7-22(20)23)16-19(17-27-14-4-9-25(27)29)15-18-10-12-21(13-11-18)26(30)31/h1-3,5-8,10-13,15,24,28H,4,9,14,16-17H2,(H,30,31). The van der Waals surface area contributed by atoms with Crippen molar-refractivity contribution in [3.8, 4) is 0 Å². The predicted octanol–water partition coefficient (Wildman–Crippen LogP) is 4.67. The summed E-state index contributed by atoms with van der Waals surface area (Å²) in [6, 6.07) is 20.5. The Morgan fingerprint density at radius 1 is 1.03 bits per heavy atom. The molecule has 2 N–H and O–H groups in total. The molecule has 0 saturated carbocycles. The van der Waals surface area contributed by atoms with Gasteiger partial charge in [0.25, 0.3) is 0 Å². The molecule has 0 aliphatic carbocycles. The number of hydrogen-bond acceptors (Lipinski definition) is 3. The molecule has 1 amide bonds. The lowest BCUT2D eigenvalue weighted by atomic mass is 9.95. The molecule has 0 radical (unpaired) electrons. The molecular weight excluding hydrogens is 390 g/mol. The van der Waals surface area contributed by atoms with E-state index >= 15 is 0 Å². The predicted molar refractivity (Wildman–Crippen MR) is 121 cm³/mol. The fourth-order valence-electron chi connectivity index (χ4n) is 4.14. The van der Waals surface area contributed by atoms with Gasteiger partial charge in [0.2, 0.25) is 5.91 Å². The molecule has 158 valence electrons. The molecule has 1 atom stereocenters. The lowest BCUT2D eigenvalue weighted by molar-refractivity contribution is -0.127. The number of amides is 1. The van der Waals surface area contributed by atoms with Gasteiger partial charge in [-0.3, -0.25) is 4.79 Å². The maximum atomic E-state index is 12.2. The van der Waals surface area contributed by atoms with Gasteiger partial charge in [0, 0.05) is 25.9 Å². The first-order chi connectivity index (χ1) is 15.0. The summed E-state index contributed by atoms with van der Waals surface area (Å²) in [5.74, 6) is -0.837. The van der Waals surface area contributed by atoms with Crippen molar-refractivity contribution < 1.29 is 19.8 Å². The van der Waals surface area contributed by atoms with Crippen LogP contribution in [0.4, 0.5) is 0 Å². The minimum Gasteiger partial charge on any atom is -0.478 e. The minimum atomic E-state index is -0.968. The van der Waals surface area contributed by atoms with Crippen LogP contribution in [0.1, 0.15) is 46.9 Å². The number of nitrogens with zero attached hydrogens (tertiary/aromatic N) is 1. The summed E-state index contributed by atoms with van der Waals surface area (Å²) >= 11 is 0. The maximum Gasteiger partial charge on any atom is 0.335 e. The average Bonchev–Trinajstić information content (AvgIpc) is 3.18. The Balaban J connectivity index is 1.63. The number of aromatic carboxylic acids is 1. The summed E-state index contributed by atoms with van der Waals surface area (Å²) in [4.78, 5) is 25.1. The fourth-order valence-corrected chi connectivity index (χ4v) is 4.14. The number of aliphatic hydroxyl groups is 1. The third kappa shape index (κ3) is 4.84. The molecule has 0 bridgehead atoms. The third-order valence-corrected chi connectivity index (χ3v) is 5.73. The number of carboxylic acids is 1. The largest absolute Gasteiger partial charge is 0.478 e. The number of hydrogen-bond donors (Lipinski definition) is 2. The van der Waals surface area contributed by atoms with Crippen LogP contribution in [-0.4, -0.2) is 40.1 Å². The van der Waals surface area contributed by atoms with E-state index in [-0.39, 0.29) is 11.5 Å². The van der Waals surface area contributed by atoms with E-state index in [1.807, 2.05) is 53.4 Å². The average molecular weight is 415 g/mol. The molecule has 1 unspecified atom stereocenters. The van der Waals surface area contributed by atoms with Gasteiger partial charge in [0.05, 0.1) is 11.7 Å². The van der Waals surface area contributed by atoms with Crippen molar-refractivity contribution in [2.75, 3.05) is 13.1 Å². The Morgan fingerprint density at radius 3 is 2.48 bits per heavy atom. The van der Waals surface area contributed by atoms with Crippen LogP contribution in [0.3, 0.4) is 0 Å². The van der Waals surface area contributed by atoms with E-state index in [1.165, 1.54) is 0 Å². The number of carboxylic acid groups (broad SMARTS) is 1. The monoisotopic (exact) mass is 415 g/mol. The van der Waals surface area contributed by atoms with Crippen LogP contribution >= 0.6 is 0 Å². The highest BCUT2D eigenvalue weighted by molar-refractivity contribution is 5.88. The van der Waals surface area contributed by atoms with Crippen LogP contribution in [-0.2, 0) is 4.79 Å². The summed E-state index contributed by atoms with van der Waals surface area (Å²) in [6.45, 7) is 1.18. The van der Waals surface area contributed by atoms with Gasteiger partial charge in [0.15, 0.2) is 0 Å². The first-order valence-electron chi connectivity index (χ1n) is 10.5. The first-order valence-corrected chi connectivity index (χ1v) is 10.5. The number of likely N-dealkylation sites (tertiary alicyclic amines) is 1. The van der Waals surface area contributed by atoms with Gasteiger partial charge >= 0.3 is 5.97 Å². The normalized spacial score (nSPS) is 15.5. The van der Waals surface area contributed by atoms with E-state index < -0.39 is 12.1 Å². The Bertz CT molecular complexity index is 1130. The smallest absolute Gasteiger partial charge is 0.335 e. The van der Waals surface area contributed by atoms with Crippen LogP contribution in [0.5, 0.6) is 0 Å². The summed E-state index contributed by atoms with van der Waals surface area (Å²) < 4.78 is 0. The van der Waals surface area contributed by atoms with Gasteiger partial charge in [-0.15, -0.1) is 0 Å². The number of rotatable bonds is 7. The third-order valence-electron chi connectivity index (χ3n) is 5.73. The number of aliphatic hydroxyl groups excluding tert-OH is 1. The lowest BCUT2D eigenvalue weighted by Gasteiger charge is -2.21. The zero-order chi connectivity index (χ0) is 21.8. The molecule has 1 saturated heterocycles. The molecule has 1 heterocycles. The highest BCUT2D eigenvalue weighted by Crippen LogP contribution is 2.30. The van der Waals surface area contributed by atoms with Gasteiger partial charge in [-0.25, -0.2) is 4.79 Å². The SMILES string of the molecule is O=C(O)c1ccc(C=C(CC(O)c2cccc3ccccc23)CN2CCCC2=O)cc1. The number of benzene rings is 3. The topological polar surface area (TPSA) is 77.8 Å². The molecule has 3 aromatic carbocycles. The molecule has 0 aromatic heterocycles. The van der Waals surface area contributed by atoms with E-state index in [0.717, 1.165) is 40.4 Å². The molecule has 4 rings (SSSR count). The minimum absolute atomic E-state index is 0.131. The zero-order valence-corrected chi connectivity index (χ0v) is 17.2. The fraction of sp³-hybridized carbons (Fsp3) is 0.231. The Labute approximate surface area is 181 Å². The van der Waals surface area contributed by atoms with E-state index in [0.29, 0.717) is 19.4 Å². The van der Waals surface area contributed by atoms with Crippen molar-refractivity contribution in [3.05, 3.63) is 89.0 Å². The molecule has 3 aromatic rings. The van der Waals surface area contributed by atoms with E-state index in [9.17, 15) is 14.7 Å². The van der Waals surface area contributed by atoms with Crippen molar-refractivity contribution in [2.45, 2.75) is 25.4 Å². The first kappa shape index (κ1) is 20.8. The van der Waals surface area contributed by atoms with Crippen molar-refractivity contribution >= 4 is 28.7 Å². The second kappa shape index (κ2) is 9.14. The van der Waals surface area contributed by atoms with Gasteiger partial charge in [-0.1, -0.05) is 60.7 Å². The summed E-state index contributed by atoms with van der Waals surface area (Å²) in [7, 11) is 0. The van der Waals surface area contributed by atoms with Crippen LogP contribution in [0.25, 0.3) is 16.8 Å². The Hall–Kier alpha value is -3.44. The molecule has 5 heteroatoms. The van der Waals surface area contributed by atoms with Gasteiger partial charge < -0.3 is 15.1 Å². The van der Waals surface area contributed by atoms with Crippen molar-refractivity contribution in [3.63, 3.8) is 0 Å². The molecular formula is C26H25NO4. The second-order valence-electron chi connectivity index (χ2n) is 7.94. The summed E-state index contributed by atoms with van der Waals surface area (Å²) in [6.07, 6.45) is 3.04. The van der Waals surface area contributed by atoms with Gasteiger partial charge in [-0.2, -0.15) is 0 Å². The van der Waals surface area contributed by atoms with Gasteiger partial charge in [-0.05, 0) is 46.0 Å². The van der Waals surface area contributed by atoms with Crippen LogP contribution < -0.4 is 0 Å². The number of carbonyl (C=O) groups is 2. The van der Waals surface area contributed by atoms with Gasteiger partial charge in [0.1, 0.15) is 0 Å². The van der Waals surface area contributed by atoms with Crippen LogP contribution in [0.15, 0.2) is 72.3 Å².